The molecular formula is C12H14BrN5O. The summed E-state index contributed by atoms with van der Waals surface area (Å²) in [4.78, 5) is 0. The molecule has 0 bridgehead atoms. The number of nitrogen functional groups attached to an aromatic ring is 1. The van der Waals surface area contributed by atoms with Gasteiger partial charge in [0.1, 0.15) is 0 Å². The van der Waals surface area contributed by atoms with Crippen molar-refractivity contribution >= 4 is 21.6 Å². The molecule has 3 rings (SSSR count). The van der Waals surface area contributed by atoms with Gasteiger partial charge in [0.25, 0.3) is 0 Å². The number of methoxy groups -OCH3 is 1. The third-order valence-corrected chi connectivity index (χ3v) is 4.40. The van der Waals surface area contributed by atoms with Crippen molar-refractivity contribution in [1.29, 1.82) is 0 Å². The van der Waals surface area contributed by atoms with E-state index in [2.05, 4.69) is 31.5 Å². The van der Waals surface area contributed by atoms with Crippen molar-refractivity contribution in [3.8, 4) is 11.4 Å². The lowest BCUT2D eigenvalue weighted by Crippen LogP contribution is -2.33. The van der Waals surface area contributed by atoms with Crippen molar-refractivity contribution in [3.63, 3.8) is 0 Å². The molecule has 0 unspecified atom stereocenters. The fraction of sp³-hybridized carbons (Fsp3) is 0.417. The van der Waals surface area contributed by atoms with Crippen LogP contribution in [0.4, 0.5) is 5.69 Å². The van der Waals surface area contributed by atoms with Crippen molar-refractivity contribution in [2.75, 3.05) is 12.8 Å². The smallest absolute Gasteiger partial charge is 0.183 e. The Labute approximate surface area is 119 Å². The Morgan fingerprint density at radius 3 is 2.95 bits per heavy atom. The Morgan fingerprint density at radius 2 is 2.21 bits per heavy atom. The molecule has 1 aromatic carbocycles. The number of benzene rings is 1. The second-order valence-corrected chi connectivity index (χ2v) is 5.43. The van der Waals surface area contributed by atoms with Crippen LogP contribution in [-0.2, 0) is 4.74 Å². The van der Waals surface area contributed by atoms with Gasteiger partial charge in [0.05, 0.1) is 16.6 Å². The first-order valence-corrected chi connectivity index (χ1v) is 6.85. The van der Waals surface area contributed by atoms with E-state index >= 15 is 0 Å². The number of halogens is 1. The van der Waals surface area contributed by atoms with Gasteiger partial charge in [0.2, 0.25) is 0 Å². The molecule has 2 aromatic rings. The van der Waals surface area contributed by atoms with Gasteiger partial charge in [-0.25, -0.2) is 4.68 Å². The van der Waals surface area contributed by atoms with Gasteiger partial charge < -0.3 is 10.5 Å². The molecule has 19 heavy (non-hydrogen) atoms. The van der Waals surface area contributed by atoms with Gasteiger partial charge in [-0.3, -0.25) is 0 Å². The number of anilines is 1. The Kier molecular flexibility index (Phi) is 3.24. The van der Waals surface area contributed by atoms with E-state index in [4.69, 9.17) is 10.5 Å². The van der Waals surface area contributed by atoms with Gasteiger partial charge >= 0.3 is 0 Å². The van der Waals surface area contributed by atoms with Gasteiger partial charge in [-0.15, -0.1) is 5.10 Å². The number of hydrogen-bond donors (Lipinski definition) is 1. The van der Waals surface area contributed by atoms with Crippen LogP contribution in [0.3, 0.4) is 0 Å². The van der Waals surface area contributed by atoms with Gasteiger partial charge in [0.15, 0.2) is 5.82 Å². The molecule has 7 heteroatoms. The molecular weight excluding hydrogens is 310 g/mol. The Morgan fingerprint density at radius 1 is 1.42 bits per heavy atom. The monoisotopic (exact) mass is 323 g/mol. The van der Waals surface area contributed by atoms with E-state index < -0.39 is 0 Å². The number of hydrogen-bond acceptors (Lipinski definition) is 5. The summed E-state index contributed by atoms with van der Waals surface area (Å²) >= 11 is 3.49. The average molecular weight is 324 g/mol. The number of rotatable bonds is 3. The zero-order valence-corrected chi connectivity index (χ0v) is 12.0. The first-order chi connectivity index (χ1) is 9.20. The molecule has 1 heterocycles. The van der Waals surface area contributed by atoms with E-state index in [1.165, 1.54) is 0 Å². The highest BCUT2D eigenvalue weighted by atomic mass is 79.9. The average Bonchev–Trinajstić information content (AvgIpc) is 2.80. The lowest BCUT2D eigenvalue weighted by atomic mass is 9.89. The molecule has 0 amide bonds. The van der Waals surface area contributed by atoms with Crippen molar-refractivity contribution in [2.24, 2.45) is 0 Å². The van der Waals surface area contributed by atoms with Crippen LogP contribution in [0.5, 0.6) is 0 Å². The minimum atomic E-state index is 0.295. The zero-order chi connectivity index (χ0) is 13.4. The lowest BCUT2D eigenvalue weighted by molar-refractivity contribution is 0.00248. The van der Waals surface area contributed by atoms with Crippen LogP contribution in [0.25, 0.3) is 11.4 Å². The highest BCUT2D eigenvalue weighted by Gasteiger charge is 2.33. The second-order valence-electron chi connectivity index (χ2n) is 4.64. The molecule has 1 aromatic heterocycles. The summed E-state index contributed by atoms with van der Waals surface area (Å²) in [5, 5.41) is 12.0. The molecule has 1 saturated carbocycles. The highest BCUT2D eigenvalue weighted by Crippen LogP contribution is 2.38. The van der Waals surface area contributed by atoms with Crippen LogP contribution in [0.2, 0.25) is 0 Å². The summed E-state index contributed by atoms with van der Waals surface area (Å²) in [5.41, 5.74) is 7.48. The van der Waals surface area contributed by atoms with Gasteiger partial charge in [0, 0.05) is 18.4 Å². The van der Waals surface area contributed by atoms with E-state index in [0.29, 0.717) is 17.8 Å². The van der Waals surface area contributed by atoms with Gasteiger partial charge in [-0.2, -0.15) is 0 Å². The van der Waals surface area contributed by atoms with E-state index in [0.717, 1.165) is 28.7 Å². The summed E-state index contributed by atoms with van der Waals surface area (Å²) in [5.74, 6) is 0.735. The molecule has 100 valence electrons. The maximum absolute atomic E-state index is 5.90. The zero-order valence-electron chi connectivity index (χ0n) is 10.5. The molecule has 0 aliphatic heterocycles. The van der Waals surface area contributed by atoms with E-state index in [1.54, 1.807) is 7.11 Å². The van der Waals surface area contributed by atoms with Crippen molar-refractivity contribution in [1.82, 2.24) is 20.2 Å². The molecule has 2 N–H and O–H groups in total. The Hall–Kier alpha value is -1.47. The summed E-state index contributed by atoms with van der Waals surface area (Å²) < 4.78 is 7.98. The minimum Gasteiger partial charge on any atom is -0.398 e. The number of tetrazole rings is 1. The fourth-order valence-corrected chi connectivity index (χ4v) is 2.71. The number of aromatic nitrogens is 4. The van der Waals surface area contributed by atoms with Crippen LogP contribution >= 0.6 is 15.9 Å². The molecule has 1 fully saturated rings. The number of nitrogens with two attached hydrogens (primary N) is 1. The van der Waals surface area contributed by atoms with E-state index in [1.807, 2.05) is 22.9 Å². The molecule has 1 aliphatic rings. The quantitative estimate of drug-likeness (QED) is 0.874. The normalized spacial score (nSPS) is 22.2. The topological polar surface area (TPSA) is 78.8 Å². The van der Waals surface area contributed by atoms with Crippen LogP contribution < -0.4 is 5.73 Å². The van der Waals surface area contributed by atoms with E-state index in [-0.39, 0.29) is 0 Å². The van der Waals surface area contributed by atoms with Crippen LogP contribution in [0.15, 0.2) is 22.7 Å². The standard InChI is InChI=1S/C12H14BrN5O/c1-19-8-5-7(6-8)18-12(15-16-17-18)9-3-2-4-10(14)11(9)13/h2-4,7-8H,5-6,14H2,1H3. The first-order valence-electron chi connectivity index (χ1n) is 6.05. The maximum Gasteiger partial charge on any atom is 0.183 e. The summed E-state index contributed by atoms with van der Waals surface area (Å²) in [6, 6.07) is 5.98. The summed E-state index contributed by atoms with van der Waals surface area (Å²) in [6.45, 7) is 0. The molecule has 0 spiro atoms. The predicted octanol–water partition coefficient (Wildman–Crippen LogP) is 2.03. The lowest BCUT2D eigenvalue weighted by Gasteiger charge is -2.34. The van der Waals surface area contributed by atoms with E-state index in [9.17, 15) is 0 Å². The predicted molar refractivity (Wildman–Crippen MR) is 74.4 cm³/mol. The highest BCUT2D eigenvalue weighted by molar-refractivity contribution is 9.10. The van der Waals surface area contributed by atoms with Crippen LogP contribution in [0, 0.1) is 0 Å². The van der Waals surface area contributed by atoms with Crippen molar-refractivity contribution in [3.05, 3.63) is 22.7 Å². The summed E-state index contributed by atoms with van der Waals surface area (Å²) in [7, 11) is 1.73. The van der Waals surface area contributed by atoms with Gasteiger partial charge in [-0.05, 0) is 51.3 Å². The second kappa shape index (κ2) is 4.90. The molecule has 0 radical (unpaired) electrons. The largest absolute Gasteiger partial charge is 0.398 e. The third kappa shape index (κ3) is 2.12. The van der Waals surface area contributed by atoms with Crippen molar-refractivity contribution in [2.45, 2.75) is 25.0 Å². The maximum atomic E-state index is 5.90. The van der Waals surface area contributed by atoms with Gasteiger partial charge in [-0.1, -0.05) is 6.07 Å². The molecule has 0 saturated heterocycles. The van der Waals surface area contributed by atoms with Crippen molar-refractivity contribution < 1.29 is 4.74 Å². The van der Waals surface area contributed by atoms with Crippen LogP contribution in [-0.4, -0.2) is 33.4 Å². The Bertz CT molecular complexity index is 594. The molecule has 0 atom stereocenters. The summed E-state index contributed by atoms with van der Waals surface area (Å²) in [6.07, 6.45) is 2.19. The number of ether oxygens (including phenoxy) is 1. The first kappa shape index (κ1) is 12.6. The minimum absolute atomic E-state index is 0.295. The SMILES string of the molecule is COC1CC(n2nnnc2-c2cccc(N)c2Br)C1. The van der Waals surface area contributed by atoms with Crippen LogP contribution in [0.1, 0.15) is 18.9 Å². The third-order valence-electron chi connectivity index (χ3n) is 3.51. The molecule has 1 aliphatic carbocycles. The Balaban J connectivity index is 1.94. The fourth-order valence-electron chi connectivity index (χ4n) is 2.27. The number of nitrogens with zero attached hydrogens (tertiary/aromatic N) is 4. The molecule has 6 nitrogen and oxygen atoms in total.